The van der Waals surface area contributed by atoms with Crippen LogP contribution in [0.1, 0.15) is 0 Å². The predicted octanol–water partition coefficient (Wildman–Crippen LogP) is 1.73. The first-order valence-electron chi connectivity index (χ1n) is 4.80. The summed E-state index contributed by atoms with van der Waals surface area (Å²) in [6.07, 6.45) is 0. The molecule has 4 heteroatoms. The van der Waals surface area contributed by atoms with Crippen molar-refractivity contribution in [3.05, 3.63) is 60.4 Å². The summed E-state index contributed by atoms with van der Waals surface area (Å²) in [5.41, 5.74) is 2.16. The lowest BCUT2D eigenvalue weighted by atomic mass is 10.1. The Kier molecular flexibility index (Phi) is 5.26. The molecule has 16 heavy (non-hydrogen) atoms. The molecule has 0 amide bonds. The molecule has 0 aromatic heterocycles. The predicted molar refractivity (Wildman–Crippen MR) is 63.4 cm³/mol. The summed E-state index contributed by atoms with van der Waals surface area (Å²) < 4.78 is 12.6. The number of rotatable bonds is 1. The molecular weight excluding hydrogens is 206 g/mol. The van der Waals surface area contributed by atoms with Crippen LogP contribution in [0, 0.1) is 5.82 Å². The minimum absolute atomic E-state index is 0.195. The SMILES string of the molecule is Fc1ccc(-c2ccccc2)cc1.OBO. The molecule has 0 saturated heterocycles. The molecule has 0 aliphatic heterocycles. The highest BCUT2D eigenvalue weighted by atomic mass is 19.1. The van der Waals surface area contributed by atoms with Gasteiger partial charge in [-0.3, -0.25) is 0 Å². The summed E-state index contributed by atoms with van der Waals surface area (Å²) in [6.45, 7) is 0. The zero-order chi connectivity index (χ0) is 11.8. The van der Waals surface area contributed by atoms with Gasteiger partial charge in [-0.05, 0) is 23.3 Å². The second-order valence-corrected chi connectivity index (χ2v) is 3.01. The fraction of sp³-hybridized carbons (Fsp3) is 0. The van der Waals surface area contributed by atoms with Crippen molar-refractivity contribution in [3.8, 4) is 11.1 Å². The van der Waals surface area contributed by atoms with E-state index in [-0.39, 0.29) is 5.82 Å². The van der Waals surface area contributed by atoms with Crippen molar-refractivity contribution in [2.75, 3.05) is 0 Å². The molecule has 2 aromatic rings. The van der Waals surface area contributed by atoms with Gasteiger partial charge in [-0.1, -0.05) is 42.5 Å². The number of benzene rings is 2. The third-order valence-electron chi connectivity index (χ3n) is 1.95. The van der Waals surface area contributed by atoms with Crippen LogP contribution in [0.15, 0.2) is 54.6 Å². The quantitative estimate of drug-likeness (QED) is 0.715. The van der Waals surface area contributed by atoms with E-state index in [0.29, 0.717) is 0 Å². The van der Waals surface area contributed by atoms with Crippen LogP contribution in [-0.2, 0) is 0 Å². The summed E-state index contributed by atoms with van der Waals surface area (Å²) in [5, 5.41) is 14.2. The molecule has 0 radical (unpaired) electrons. The van der Waals surface area contributed by atoms with Gasteiger partial charge in [-0.15, -0.1) is 0 Å². The standard InChI is InChI=1S/C12H9F.BH3O2/c13-12-8-6-11(7-9-12)10-4-2-1-3-5-10;2-1-3/h1-9H;1-3H. The smallest absolute Gasteiger partial charge is 0.430 e. The van der Waals surface area contributed by atoms with Crippen LogP contribution in [0.3, 0.4) is 0 Å². The third kappa shape index (κ3) is 3.84. The molecule has 0 spiro atoms. The summed E-state index contributed by atoms with van der Waals surface area (Å²) in [6, 6.07) is 16.4. The highest BCUT2D eigenvalue weighted by molar-refractivity contribution is 6.13. The monoisotopic (exact) mass is 218 g/mol. The highest BCUT2D eigenvalue weighted by Gasteiger charge is 1.95. The Labute approximate surface area is 94.3 Å². The summed E-state index contributed by atoms with van der Waals surface area (Å²) >= 11 is 0. The van der Waals surface area contributed by atoms with Gasteiger partial charge in [0.05, 0.1) is 0 Å². The normalized spacial score (nSPS) is 8.94. The zero-order valence-corrected chi connectivity index (χ0v) is 8.68. The van der Waals surface area contributed by atoms with Gasteiger partial charge in [0.1, 0.15) is 5.82 Å². The summed E-state index contributed by atoms with van der Waals surface area (Å²) in [5.74, 6) is -0.195. The molecule has 0 atom stereocenters. The van der Waals surface area contributed by atoms with Crippen molar-refractivity contribution >= 4 is 7.69 Å². The van der Waals surface area contributed by atoms with Crippen molar-refractivity contribution in [1.82, 2.24) is 0 Å². The zero-order valence-electron chi connectivity index (χ0n) is 8.68. The van der Waals surface area contributed by atoms with Gasteiger partial charge in [0.15, 0.2) is 0 Å². The van der Waals surface area contributed by atoms with Gasteiger partial charge >= 0.3 is 7.69 Å². The van der Waals surface area contributed by atoms with Gasteiger partial charge in [-0.25, -0.2) is 4.39 Å². The van der Waals surface area contributed by atoms with E-state index < -0.39 is 7.69 Å². The molecule has 2 N–H and O–H groups in total. The largest absolute Gasteiger partial charge is 0.432 e. The number of halogens is 1. The lowest BCUT2D eigenvalue weighted by molar-refractivity contribution is 0.448. The topological polar surface area (TPSA) is 40.5 Å². The first-order valence-corrected chi connectivity index (χ1v) is 4.80. The molecule has 82 valence electrons. The molecule has 0 saturated carbocycles. The van der Waals surface area contributed by atoms with Gasteiger partial charge in [0, 0.05) is 0 Å². The average molecular weight is 218 g/mol. The van der Waals surface area contributed by atoms with E-state index in [2.05, 4.69) is 0 Å². The molecule has 0 aliphatic rings. The van der Waals surface area contributed by atoms with Gasteiger partial charge in [-0.2, -0.15) is 0 Å². The second kappa shape index (κ2) is 6.77. The first kappa shape index (κ1) is 12.4. The lowest BCUT2D eigenvalue weighted by Gasteiger charge is -1.99. The Morgan fingerprint density at radius 2 is 1.19 bits per heavy atom. The minimum atomic E-state index is -0.750. The van der Waals surface area contributed by atoms with Crippen LogP contribution < -0.4 is 0 Å². The summed E-state index contributed by atoms with van der Waals surface area (Å²) in [4.78, 5) is 0. The van der Waals surface area contributed by atoms with Gasteiger partial charge in [0.2, 0.25) is 0 Å². The Bertz CT molecular complexity index is 403. The molecule has 2 aromatic carbocycles. The Morgan fingerprint density at radius 1 is 0.750 bits per heavy atom. The van der Waals surface area contributed by atoms with Gasteiger partial charge < -0.3 is 10.0 Å². The van der Waals surface area contributed by atoms with E-state index in [4.69, 9.17) is 10.0 Å². The van der Waals surface area contributed by atoms with Crippen molar-refractivity contribution in [2.45, 2.75) is 0 Å². The van der Waals surface area contributed by atoms with E-state index in [1.165, 1.54) is 12.1 Å². The maximum absolute atomic E-state index is 12.6. The maximum Gasteiger partial charge on any atom is 0.432 e. The maximum atomic E-state index is 12.6. The van der Waals surface area contributed by atoms with Crippen molar-refractivity contribution in [2.24, 2.45) is 0 Å². The highest BCUT2D eigenvalue weighted by Crippen LogP contribution is 2.18. The fourth-order valence-electron chi connectivity index (χ4n) is 1.27. The fourth-order valence-corrected chi connectivity index (χ4v) is 1.27. The lowest BCUT2D eigenvalue weighted by Crippen LogP contribution is -1.77. The number of hydrogen-bond acceptors (Lipinski definition) is 2. The second-order valence-electron chi connectivity index (χ2n) is 3.01. The van der Waals surface area contributed by atoms with E-state index in [0.717, 1.165) is 11.1 Å². The van der Waals surface area contributed by atoms with Crippen LogP contribution in [0.25, 0.3) is 11.1 Å². The summed E-state index contributed by atoms with van der Waals surface area (Å²) in [7, 11) is -0.750. The van der Waals surface area contributed by atoms with Crippen LogP contribution in [0.2, 0.25) is 0 Å². The molecule has 0 heterocycles. The van der Waals surface area contributed by atoms with E-state index in [9.17, 15) is 4.39 Å². The van der Waals surface area contributed by atoms with Crippen molar-refractivity contribution in [1.29, 1.82) is 0 Å². The Morgan fingerprint density at radius 3 is 1.69 bits per heavy atom. The van der Waals surface area contributed by atoms with Crippen LogP contribution in [-0.4, -0.2) is 17.7 Å². The molecule has 2 nitrogen and oxygen atoms in total. The van der Waals surface area contributed by atoms with Crippen LogP contribution >= 0.6 is 0 Å². The molecular formula is C12H12BFO2. The van der Waals surface area contributed by atoms with E-state index >= 15 is 0 Å². The minimum Gasteiger partial charge on any atom is -0.430 e. The molecule has 0 aliphatic carbocycles. The van der Waals surface area contributed by atoms with Crippen molar-refractivity contribution in [3.63, 3.8) is 0 Å². The van der Waals surface area contributed by atoms with E-state index in [1.807, 2.05) is 30.3 Å². The first-order chi connectivity index (χ1) is 7.77. The average Bonchev–Trinajstić information content (AvgIpc) is 2.32. The third-order valence-corrected chi connectivity index (χ3v) is 1.95. The molecule has 0 bridgehead atoms. The molecule has 0 unspecified atom stereocenters. The van der Waals surface area contributed by atoms with Crippen LogP contribution in [0.5, 0.6) is 0 Å². The molecule has 0 fully saturated rings. The van der Waals surface area contributed by atoms with E-state index in [1.54, 1.807) is 12.1 Å². The van der Waals surface area contributed by atoms with Crippen molar-refractivity contribution < 1.29 is 14.4 Å². The Balaban J connectivity index is 0.000000386. The Hall–Kier alpha value is -1.65. The molecule has 2 rings (SSSR count). The van der Waals surface area contributed by atoms with Crippen LogP contribution in [0.4, 0.5) is 4.39 Å². The van der Waals surface area contributed by atoms with Gasteiger partial charge in [0.25, 0.3) is 0 Å². The number of hydrogen-bond donors (Lipinski definition) is 2.